The summed E-state index contributed by atoms with van der Waals surface area (Å²) in [5, 5.41) is 20.3. The number of benzene rings is 1. The van der Waals surface area contributed by atoms with Crippen LogP contribution in [0, 0.1) is 21.4 Å². The molecular formula is C14H17N3O4. The highest BCUT2D eigenvalue weighted by molar-refractivity contribution is 5.69. The lowest BCUT2D eigenvalue weighted by Crippen LogP contribution is -2.27. The van der Waals surface area contributed by atoms with Crippen molar-refractivity contribution < 1.29 is 14.5 Å². The molecule has 1 rings (SSSR count). The first-order valence-corrected chi connectivity index (χ1v) is 6.50. The molecular weight excluding hydrogens is 274 g/mol. The molecule has 0 aliphatic rings. The van der Waals surface area contributed by atoms with Gasteiger partial charge in [-0.2, -0.15) is 5.26 Å². The SMILES string of the molecule is CCOC(=O)CCN(C)C(C#N)c1ccccc1[N+](=O)[O-]. The fraction of sp³-hybridized carbons (Fsp3) is 0.429. The maximum absolute atomic E-state index is 11.3. The number of esters is 1. The molecule has 0 bridgehead atoms. The smallest absolute Gasteiger partial charge is 0.307 e. The number of nitro groups is 1. The normalized spacial score (nSPS) is 11.7. The first-order valence-electron chi connectivity index (χ1n) is 6.50. The average Bonchev–Trinajstić information content (AvgIpc) is 2.46. The lowest BCUT2D eigenvalue weighted by Gasteiger charge is -2.22. The highest BCUT2D eigenvalue weighted by Crippen LogP contribution is 2.27. The molecule has 1 unspecified atom stereocenters. The summed E-state index contributed by atoms with van der Waals surface area (Å²) in [4.78, 5) is 23.4. The fourth-order valence-electron chi connectivity index (χ4n) is 1.92. The minimum absolute atomic E-state index is 0.105. The number of para-hydroxylation sites is 1. The molecule has 0 heterocycles. The van der Waals surface area contributed by atoms with Crippen molar-refractivity contribution in [2.45, 2.75) is 19.4 Å². The molecule has 0 aliphatic heterocycles. The molecule has 1 atom stereocenters. The third-order valence-corrected chi connectivity index (χ3v) is 2.97. The first kappa shape index (κ1) is 16.6. The number of nitriles is 1. The van der Waals surface area contributed by atoms with E-state index < -0.39 is 11.0 Å². The van der Waals surface area contributed by atoms with Gasteiger partial charge in [-0.1, -0.05) is 12.1 Å². The van der Waals surface area contributed by atoms with Crippen LogP contribution < -0.4 is 0 Å². The van der Waals surface area contributed by atoms with Crippen LogP contribution in [-0.4, -0.2) is 36.0 Å². The van der Waals surface area contributed by atoms with Gasteiger partial charge in [0.05, 0.1) is 29.6 Å². The van der Waals surface area contributed by atoms with Crippen molar-refractivity contribution in [1.82, 2.24) is 4.90 Å². The Hall–Kier alpha value is -2.46. The van der Waals surface area contributed by atoms with Crippen LogP contribution in [0.3, 0.4) is 0 Å². The number of ether oxygens (including phenoxy) is 1. The van der Waals surface area contributed by atoms with Gasteiger partial charge in [0, 0.05) is 12.6 Å². The summed E-state index contributed by atoms with van der Waals surface area (Å²) >= 11 is 0. The summed E-state index contributed by atoms with van der Waals surface area (Å²) in [6.45, 7) is 2.30. The van der Waals surface area contributed by atoms with Gasteiger partial charge in [-0.05, 0) is 20.0 Å². The molecule has 0 N–H and O–H groups in total. The summed E-state index contributed by atoms with van der Waals surface area (Å²) in [6.07, 6.45) is 0.128. The monoisotopic (exact) mass is 291 g/mol. The molecule has 7 nitrogen and oxygen atoms in total. The molecule has 0 saturated heterocycles. The van der Waals surface area contributed by atoms with E-state index in [0.29, 0.717) is 12.2 Å². The van der Waals surface area contributed by atoms with Crippen LogP contribution in [0.15, 0.2) is 24.3 Å². The van der Waals surface area contributed by atoms with E-state index in [9.17, 15) is 20.2 Å². The maximum atomic E-state index is 11.3. The summed E-state index contributed by atoms with van der Waals surface area (Å²) < 4.78 is 4.82. The molecule has 0 amide bonds. The highest BCUT2D eigenvalue weighted by atomic mass is 16.6. The summed E-state index contributed by atoms with van der Waals surface area (Å²) in [7, 11) is 1.64. The van der Waals surface area contributed by atoms with Gasteiger partial charge >= 0.3 is 5.97 Å². The molecule has 1 aromatic carbocycles. The zero-order valence-corrected chi connectivity index (χ0v) is 12.0. The van der Waals surface area contributed by atoms with E-state index in [1.165, 1.54) is 6.07 Å². The predicted octanol–water partition coefficient (Wildman–Crippen LogP) is 2.04. The average molecular weight is 291 g/mol. The lowest BCUT2D eigenvalue weighted by molar-refractivity contribution is -0.385. The molecule has 0 aromatic heterocycles. The number of carbonyl (C=O) groups is 1. The predicted molar refractivity (Wildman–Crippen MR) is 75.3 cm³/mol. The van der Waals surface area contributed by atoms with Crippen molar-refractivity contribution in [2.24, 2.45) is 0 Å². The Labute approximate surface area is 122 Å². The Morgan fingerprint density at radius 1 is 1.52 bits per heavy atom. The van der Waals surface area contributed by atoms with Crippen molar-refractivity contribution in [2.75, 3.05) is 20.2 Å². The van der Waals surface area contributed by atoms with Crippen LogP contribution in [0.4, 0.5) is 5.69 Å². The standard InChI is InChI=1S/C14H17N3O4/c1-3-21-14(18)8-9-16(2)13(10-15)11-6-4-5-7-12(11)17(19)20/h4-7,13H,3,8-9H2,1-2H3. The molecule has 0 spiro atoms. The van der Waals surface area contributed by atoms with Gasteiger partial charge in [-0.25, -0.2) is 0 Å². The Balaban J connectivity index is 2.86. The first-order chi connectivity index (χ1) is 10.0. The maximum Gasteiger partial charge on any atom is 0.307 e. The molecule has 7 heteroatoms. The van der Waals surface area contributed by atoms with Crippen LogP contribution >= 0.6 is 0 Å². The minimum atomic E-state index is -0.791. The van der Waals surface area contributed by atoms with E-state index >= 15 is 0 Å². The Morgan fingerprint density at radius 2 is 2.19 bits per heavy atom. The van der Waals surface area contributed by atoms with E-state index in [0.717, 1.165) is 0 Å². The summed E-state index contributed by atoms with van der Waals surface area (Å²) in [5.41, 5.74) is 0.211. The quantitative estimate of drug-likeness (QED) is 0.433. The number of hydrogen-bond acceptors (Lipinski definition) is 6. The molecule has 112 valence electrons. The third-order valence-electron chi connectivity index (χ3n) is 2.97. The molecule has 21 heavy (non-hydrogen) atoms. The second-order valence-corrected chi connectivity index (χ2v) is 4.38. The van der Waals surface area contributed by atoms with E-state index in [2.05, 4.69) is 0 Å². The molecule has 0 aliphatic carbocycles. The van der Waals surface area contributed by atoms with Crippen molar-refractivity contribution in [3.63, 3.8) is 0 Å². The zero-order chi connectivity index (χ0) is 15.8. The van der Waals surface area contributed by atoms with E-state index in [1.807, 2.05) is 6.07 Å². The van der Waals surface area contributed by atoms with Crippen molar-refractivity contribution in [3.05, 3.63) is 39.9 Å². The second kappa shape index (κ2) is 7.97. The zero-order valence-electron chi connectivity index (χ0n) is 12.0. The Bertz CT molecular complexity index is 553. The van der Waals surface area contributed by atoms with E-state index in [4.69, 9.17) is 4.74 Å². The lowest BCUT2D eigenvalue weighted by atomic mass is 10.0. The van der Waals surface area contributed by atoms with Crippen LogP contribution in [0.25, 0.3) is 0 Å². The minimum Gasteiger partial charge on any atom is -0.466 e. The van der Waals surface area contributed by atoms with Crippen molar-refractivity contribution in [1.29, 1.82) is 5.26 Å². The fourth-order valence-corrected chi connectivity index (χ4v) is 1.92. The molecule has 0 saturated carbocycles. The third kappa shape index (κ3) is 4.54. The Kier molecular flexibility index (Phi) is 6.30. The van der Waals surface area contributed by atoms with E-state index in [1.54, 1.807) is 37.1 Å². The van der Waals surface area contributed by atoms with Crippen LogP contribution in [0.1, 0.15) is 24.9 Å². The number of rotatable bonds is 7. The van der Waals surface area contributed by atoms with Gasteiger partial charge in [0.15, 0.2) is 0 Å². The van der Waals surface area contributed by atoms with Gasteiger partial charge < -0.3 is 4.74 Å². The number of nitro benzene ring substituents is 1. The highest BCUT2D eigenvalue weighted by Gasteiger charge is 2.25. The van der Waals surface area contributed by atoms with Gasteiger partial charge in [0.25, 0.3) is 5.69 Å². The number of carbonyl (C=O) groups excluding carboxylic acids is 1. The molecule has 0 radical (unpaired) electrons. The molecule has 1 aromatic rings. The van der Waals surface area contributed by atoms with Crippen molar-refractivity contribution in [3.8, 4) is 6.07 Å². The topological polar surface area (TPSA) is 96.5 Å². The van der Waals surface area contributed by atoms with Crippen LogP contribution in [0.2, 0.25) is 0 Å². The van der Waals surface area contributed by atoms with Gasteiger partial charge in [0.2, 0.25) is 0 Å². The van der Waals surface area contributed by atoms with Crippen LogP contribution in [-0.2, 0) is 9.53 Å². The van der Waals surface area contributed by atoms with E-state index in [-0.39, 0.29) is 24.6 Å². The largest absolute Gasteiger partial charge is 0.466 e. The summed E-state index contributed by atoms with van der Waals surface area (Å²) in [5.74, 6) is -0.358. The van der Waals surface area contributed by atoms with Gasteiger partial charge in [-0.3, -0.25) is 19.8 Å². The second-order valence-electron chi connectivity index (χ2n) is 4.38. The summed E-state index contributed by atoms with van der Waals surface area (Å²) in [6, 6.07) is 7.35. The molecule has 0 fully saturated rings. The van der Waals surface area contributed by atoms with Crippen molar-refractivity contribution >= 4 is 11.7 Å². The Morgan fingerprint density at radius 3 is 2.76 bits per heavy atom. The number of nitrogens with zero attached hydrogens (tertiary/aromatic N) is 3. The number of hydrogen-bond donors (Lipinski definition) is 0. The van der Waals surface area contributed by atoms with Crippen LogP contribution in [0.5, 0.6) is 0 Å². The van der Waals surface area contributed by atoms with Gasteiger partial charge in [-0.15, -0.1) is 0 Å². The van der Waals surface area contributed by atoms with Gasteiger partial charge in [0.1, 0.15) is 6.04 Å².